The molecule has 4 rings (SSSR count). The first-order chi connectivity index (χ1) is 20.5. The maximum absolute atomic E-state index is 14.0. The zero-order valence-corrected chi connectivity index (χ0v) is 27.0. The predicted octanol–water partition coefficient (Wildman–Crippen LogP) is 6.55. The summed E-state index contributed by atoms with van der Waals surface area (Å²) in [5.74, 6) is -0.404. The van der Waals surface area contributed by atoms with Gasteiger partial charge in [0, 0.05) is 42.0 Å². The van der Waals surface area contributed by atoms with Gasteiger partial charge in [-0.2, -0.15) is 0 Å². The molecule has 1 aliphatic carbocycles. The Morgan fingerprint density at radius 1 is 0.930 bits per heavy atom. The van der Waals surface area contributed by atoms with Gasteiger partial charge in [0.2, 0.25) is 21.8 Å². The summed E-state index contributed by atoms with van der Waals surface area (Å²) < 4.78 is 26.8. The van der Waals surface area contributed by atoms with Crippen LogP contribution in [0.25, 0.3) is 0 Å². The van der Waals surface area contributed by atoms with Crippen molar-refractivity contribution in [2.24, 2.45) is 0 Å². The second-order valence-electron chi connectivity index (χ2n) is 11.2. The van der Waals surface area contributed by atoms with Crippen LogP contribution in [0.3, 0.4) is 0 Å². The molecule has 1 atom stereocenters. The number of amides is 2. The second kappa shape index (κ2) is 15.1. The van der Waals surface area contributed by atoms with Gasteiger partial charge in [0.05, 0.1) is 11.9 Å². The minimum Gasteiger partial charge on any atom is -0.352 e. The number of nitrogens with zero attached hydrogens (tertiary/aromatic N) is 2. The third kappa shape index (κ3) is 9.21. The van der Waals surface area contributed by atoms with Crippen LogP contribution in [0, 0.1) is 6.92 Å². The second-order valence-corrected chi connectivity index (χ2v) is 13.9. The van der Waals surface area contributed by atoms with Gasteiger partial charge in [-0.15, -0.1) is 0 Å². The Morgan fingerprint density at radius 3 is 2.26 bits per heavy atom. The largest absolute Gasteiger partial charge is 0.352 e. The SMILES string of the molecule is Cc1c(Cl)cccc1N(CCCC(=O)N(Cc1ccc(Cl)cc1)[C@@H](Cc1ccccc1)C(=O)NC1CCCC1)S(C)(=O)=O. The third-order valence-electron chi connectivity index (χ3n) is 7.90. The van der Waals surface area contributed by atoms with E-state index >= 15 is 0 Å². The minimum absolute atomic E-state index is 0.0568. The van der Waals surface area contributed by atoms with E-state index in [4.69, 9.17) is 23.2 Å². The molecule has 1 saturated carbocycles. The lowest BCUT2D eigenvalue weighted by Crippen LogP contribution is -2.52. The number of rotatable bonds is 13. The van der Waals surface area contributed by atoms with Gasteiger partial charge >= 0.3 is 0 Å². The molecule has 0 radical (unpaired) electrons. The number of benzene rings is 3. The summed E-state index contributed by atoms with van der Waals surface area (Å²) >= 11 is 12.4. The van der Waals surface area contributed by atoms with Crippen molar-refractivity contribution < 1.29 is 18.0 Å². The molecule has 1 aliphatic rings. The average Bonchev–Trinajstić information content (AvgIpc) is 3.48. The van der Waals surface area contributed by atoms with E-state index in [1.807, 2.05) is 42.5 Å². The Morgan fingerprint density at radius 2 is 1.60 bits per heavy atom. The van der Waals surface area contributed by atoms with Gasteiger partial charge in [-0.05, 0) is 67.1 Å². The number of hydrogen-bond acceptors (Lipinski definition) is 4. The monoisotopic (exact) mass is 643 g/mol. The molecule has 0 heterocycles. The maximum Gasteiger partial charge on any atom is 0.243 e. The maximum atomic E-state index is 14.0. The van der Waals surface area contributed by atoms with E-state index < -0.39 is 16.1 Å². The number of anilines is 1. The van der Waals surface area contributed by atoms with Crippen molar-refractivity contribution in [1.29, 1.82) is 0 Å². The number of halogens is 2. The molecule has 230 valence electrons. The molecule has 0 aliphatic heterocycles. The molecule has 1 fully saturated rings. The third-order valence-corrected chi connectivity index (χ3v) is 9.74. The lowest BCUT2D eigenvalue weighted by atomic mass is 10.0. The van der Waals surface area contributed by atoms with Crippen LogP contribution in [0.1, 0.15) is 55.2 Å². The summed E-state index contributed by atoms with van der Waals surface area (Å²) in [6.07, 6.45) is 5.83. The number of sulfonamides is 1. The fourth-order valence-electron chi connectivity index (χ4n) is 5.56. The van der Waals surface area contributed by atoms with Gasteiger partial charge in [0.25, 0.3) is 0 Å². The summed E-state index contributed by atoms with van der Waals surface area (Å²) in [6.45, 7) is 2.08. The first-order valence-electron chi connectivity index (χ1n) is 14.6. The Kier molecular flexibility index (Phi) is 11.5. The fraction of sp³-hybridized carbons (Fsp3) is 0.394. The van der Waals surface area contributed by atoms with E-state index in [0.29, 0.717) is 27.7 Å². The zero-order chi connectivity index (χ0) is 31.0. The highest BCUT2D eigenvalue weighted by Crippen LogP contribution is 2.29. The first kappa shape index (κ1) is 32.8. The Labute approximate surface area is 265 Å². The molecule has 1 N–H and O–H groups in total. The van der Waals surface area contributed by atoms with E-state index in [2.05, 4.69) is 5.32 Å². The molecular weight excluding hydrogens is 605 g/mol. The fourth-order valence-corrected chi connectivity index (χ4v) is 6.87. The number of hydrogen-bond donors (Lipinski definition) is 1. The molecule has 0 unspecified atom stereocenters. The van der Waals surface area contributed by atoms with Crippen LogP contribution >= 0.6 is 23.2 Å². The molecule has 0 saturated heterocycles. The van der Waals surface area contributed by atoms with E-state index in [0.717, 1.165) is 43.1 Å². The van der Waals surface area contributed by atoms with Gasteiger partial charge < -0.3 is 10.2 Å². The van der Waals surface area contributed by atoms with Crippen molar-refractivity contribution in [2.45, 2.75) is 70.5 Å². The van der Waals surface area contributed by atoms with Gasteiger partial charge in [-0.25, -0.2) is 8.42 Å². The van der Waals surface area contributed by atoms with Crippen molar-refractivity contribution in [1.82, 2.24) is 10.2 Å². The molecule has 0 spiro atoms. The zero-order valence-electron chi connectivity index (χ0n) is 24.6. The highest BCUT2D eigenvalue weighted by atomic mass is 35.5. The summed E-state index contributed by atoms with van der Waals surface area (Å²) in [4.78, 5) is 29.5. The van der Waals surface area contributed by atoms with Crippen molar-refractivity contribution in [3.8, 4) is 0 Å². The van der Waals surface area contributed by atoms with Gasteiger partial charge in [0.1, 0.15) is 6.04 Å². The quantitative estimate of drug-likeness (QED) is 0.229. The molecule has 3 aromatic rings. The van der Waals surface area contributed by atoms with E-state index in [-0.39, 0.29) is 43.8 Å². The minimum atomic E-state index is -3.64. The molecule has 0 aromatic heterocycles. The molecule has 10 heteroatoms. The van der Waals surface area contributed by atoms with Crippen molar-refractivity contribution in [3.63, 3.8) is 0 Å². The lowest BCUT2D eigenvalue weighted by molar-refractivity contribution is -0.141. The topological polar surface area (TPSA) is 86.8 Å². The van der Waals surface area contributed by atoms with Crippen molar-refractivity contribution in [3.05, 3.63) is 99.5 Å². The van der Waals surface area contributed by atoms with Crippen molar-refractivity contribution >= 4 is 50.7 Å². The van der Waals surface area contributed by atoms with Crippen LogP contribution < -0.4 is 9.62 Å². The highest BCUT2D eigenvalue weighted by Gasteiger charge is 2.32. The van der Waals surface area contributed by atoms with E-state index in [1.165, 1.54) is 4.31 Å². The molecule has 7 nitrogen and oxygen atoms in total. The number of nitrogens with one attached hydrogen (secondary N) is 1. The van der Waals surface area contributed by atoms with Crippen LogP contribution in [-0.2, 0) is 32.6 Å². The van der Waals surface area contributed by atoms with Crippen LogP contribution in [0.5, 0.6) is 0 Å². The molecule has 43 heavy (non-hydrogen) atoms. The molecule has 0 bridgehead atoms. The molecule has 2 amide bonds. The average molecular weight is 645 g/mol. The smallest absolute Gasteiger partial charge is 0.243 e. The molecule has 3 aromatic carbocycles. The van der Waals surface area contributed by atoms with Crippen LogP contribution in [0.15, 0.2) is 72.8 Å². The number of carbonyl (C=O) groups is 2. The molecular formula is C33H39Cl2N3O4S. The number of carbonyl (C=O) groups excluding carboxylic acids is 2. The Balaban J connectivity index is 1.59. The summed E-state index contributed by atoms with van der Waals surface area (Å²) in [6, 6.07) is 21.4. The standard InChI is InChI=1S/C33H39Cl2N3O4S/c1-24-29(35)14-8-15-30(24)38(43(2,41)42)21-9-16-32(39)37(23-26-17-19-27(34)20-18-26)31(22-25-10-4-3-5-11-25)33(40)36-28-12-6-7-13-28/h3-5,8,10-11,14-15,17-20,28,31H,6-7,9,12-13,16,21-23H2,1-2H3,(H,36,40)/t31-/m0/s1. The summed E-state index contributed by atoms with van der Waals surface area (Å²) in [5, 5.41) is 4.25. The Hall–Kier alpha value is -3.07. The normalized spacial score (nSPS) is 14.3. The summed E-state index contributed by atoms with van der Waals surface area (Å²) in [7, 11) is -3.64. The van der Waals surface area contributed by atoms with Gasteiger partial charge in [0.15, 0.2) is 0 Å². The Bertz CT molecular complexity index is 1490. The van der Waals surface area contributed by atoms with E-state index in [1.54, 1.807) is 42.2 Å². The van der Waals surface area contributed by atoms with Gasteiger partial charge in [-0.1, -0.05) is 84.6 Å². The lowest BCUT2D eigenvalue weighted by Gasteiger charge is -2.33. The van der Waals surface area contributed by atoms with Crippen molar-refractivity contribution in [2.75, 3.05) is 17.1 Å². The summed E-state index contributed by atoms with van der Waals surface area (Å²) in [5.41, 5.74) is 2.93. The van der Waals surface area contributed by atoms with Crippen LogP contribution in [0.2, 0.25) is 10.0 Å². The highest BCUT2D eigenvalue weighted by molar-refractivity contribution is 7.92. The first-order valence-corrected chi connectivity index (χ1v) is 17.2. The predicted molar refractivity (Wildman–Crippen MR) is 174 cm³/mol. The van der Waals surface area contributed by atoms with Crippen LogP contribution in [0.4, 0.5) is 5.69 Å². The van der Waals surface area contributed by atoms with Crippen LogP contribution in [-0.4, -0.2) is 50.0 Å². The van der Waals surface area contributed by atoms with Gasteiger partial charge in [-0.3, -0.25) is 13.9 Å². The van der Waals surface area contributed by atoms with E-state index in [9.17, 15) is 18.0 Å².